The van der Waals surface area contributed by atoms with Crippen LogP contribution in [0.15, 0.2) is 15.2 Å². The van der Waals surface area contributed by atoms with E-state index in [2.05, 4.69) is 20.5 Å². The number of carbonyl (C=O) groups excluding carboxylic acids is 1. The van der Waals surface area contributed by atoms with Gasteiger partial charge in [0.15, 0.2) is 5.82 Å². The summed E-state index contributed by atoms with van der Waals surface area (Å²) in [4.78, 5) is 24.4. The van der Waals surface area contributed by atoms with Crippen LogP contribution in [0.2, 0.25) is 0 Å². The zero-order chi connectivity index (χ0) is 20.5. The zero-order valence-electron chi connectivity index (χ0n) is 17.1. The van der Waals surface area contributed by atoms with Crippen LogP contribution < -0.4 is 0 Å². The highest BCUT2D eigenvalue weighted by molar-refractivity contribution is 5.79. The second-order valence-corrected chi connectivity index (χ2v) is 7.53. The Morgan fingerprint density at radius 2 is 1.93 bits per heavy atom. The van der Waals surface area contributed by atoms with E-state index in [0.717, 1.165) is 41.9 Å². The third kappa shape index (κ3) is 3.76. The average molecular weight is 396 g/mol. The number of amides is 1. The van der Waals surface area contributed by atoms with Crippen molar-refractivity contribution >= 4 is 5.91 Å². The van der Waals surface area contributed by atoms with E-state index < -0.39 is 0 Å². The Hall–Kier alpha value is -3.10. The summed E-state index contributed by atoms with van der Waals surface area (Å²) in [7, 11) is 0. The van der Waals surface area contributed by atoms with Crippen LogP contribution in [0.3, 0.4) is 0 Å². The van der Waals surface area contributed by atoms with Crippen molar-refractivity contribution in [3.05, 3.63) is 40.3 Å². The monoisotopic (exact) mass is 396 g/mol. The summed E-state index contributed by atoms with van der Waals surface area (Å²) >= 11 is 0. The molecule has 0 bridgehead atoms. The van der Waals surface area contributed by atoms with Gasteiger partial charge in [0.1, 0.15) is 17.1 Å². The Labute approximate surface area is 168 Å². The smallest absolute Gasteiger partial charge is 0.229 e. The molecule has 0 saturated carbocycles. The molecule has 1 saturated heterocycles. The molecule has 152 valence electrons. The minimum atomic E-state index is -0.0997. The molecule has 0 radical (unpaired) electrons. The molecule has 0 aromatic carbocycles. The zero-order valence-corrected chi connectivity index (χ0v) is 17.1. The molecule has 1 fully saturated rings. The van der Waals surface area contributed by atoms with Crippen LogP contribution in [-0.2, 0) is 11.2 Å². The number of rotatable bonds is 4. The van der Waals surface area contributed by atoms with Gasteiger partial charge in [-0.05, 0) is 53.0 Å². The van der Waals surface area contributed by atoms with Crippen molar-refractivity contribution in [3.8, 4) is 11.4 Å². The van der Waals surface area contributed by atoms with Gasteiger partial charge in [-0.2, -0.15) is 0 Å². The summed E-state index contributed by atoms with van der Waals surface area (Å²) in [5.74, 6) is 1.28. The maximum Gasteiger partial charge on any atom is 0.229 e. The van der Waals surface area contributed by atoms with E-state index in [1.54, 1.807) is 6.92 Å². The first-order valence-electron chi connectivity index (χ1n) is 9.80. The quantitative estimate of drug-likeness (QED) is 0.661. The second kappa shape index (κ2) is 7.73. The molecule has 9 heteroatoms. The highest BCUT2D eigenvalue weighted by Crippen LogP contribution is 2.32. The molecular formula is C20H24N6O3. The number of likely N-dealkylation sites (tertiary alicyclic amines) is 1. The topological polar surface area (TPSA) is 111 Å². The van der Waals surface area contributed by atoms with Crippen molar-refractivity contribution in [2.75, 3.05) is 6.54 Å². The molecule has 9 nitrogen and oxygen atoms in total. The first-order valence-corrected chi connectivity index (χ1v) is 9.80. The Kier molecular flexibility index (Phi) is 5.12. The Morgan fingerprint density at radius 3 is 2.62 bits per heavy atom. The number of hydrogen-bond acceptors (Lipinski definition) is 8. The van der Waals surface area contributed by atoms with Crippen LogP contribution in [0.25, 0.3) is 11.4 Å². The molecule has 0 unspecified atom stereocenters. The van der Waals surface area contributed by atoms with E-state index in [0.29, 0.717) is 29.5 Å². The molecule has 4 heterocycles. The first kappa shape index (κ1) is 19.2. The van der Waals surface area contributed by atoms with E-state index in [1.165, 1.54) is 0 Å². The predicted molar refractivity (Wildman–Crippen MR) is 103 cm³/mol. The van der Waals surface area contributed by atoms with Crippen molar-refractivity contribution in [2.24, 2.45) is 0 Å². The van der Waals surface area contributed by atoms with Gasteiger partial charge in [0.25, 0.3) is 0 Å². The molecule has 0 aliphatic carbocycles. The van der Waals surface area contributed by atoms with Gasteiger partial charge in [0.05, 0.1) is 29.4 Å². The van der Waals surface area contributed by atoms with E-state index in [1.807, 2.05) is 31.7 Å². The lowest BCUT2D eigenvalue weighted by atomic mass is 9.97. The molecule has 29 heavy (non-hydrogen) atoms. The van der Waals surface area contributed by atoms with Gasteiger partial charge in [-0.15, -0.1) is 0 Å². The fraction of sp³-hybridized carbons (Fsp3) is 0.500. The number of piperidine rings is 1. The van der Waals surface area contributed by atoms with Crippen LogP contribution in [0.5, 0.6) is 0 Å². The number of aryl methyl sites for hydroxylation is 4. The Bertz CT molecular complexity index is 1020. The lowest BCUT2D eigenvalue weighted by Crippen LogP contribution is -2.40. The molecule has 1 atom stereocenters. The third-order valence-electron chi connectivity index (χ3n) is 5.36. The summed E-state index contributed by atoms with van der Waals surface area (Å²) < 4.78 is 10.0. The van der Waals surface area contributed by atoms with E-state index in [-0.39, 0.29) is 18.4 Å². The van der Waals surface area contributed by atoms with E-state index in [9.17, 15) is 4.79 Å². The molecule has 4 rings (SSSR count). The van der Waals surface area contributed by atoms with Gasteiger partial charge < -0.3 is 9.42 Å². The minimum Gasteiger partial charge on any atom is -0.361 e. The first-order chi connectivity index (χ1) is 13.9. The van der Waals surface area contributed by atoms with Gasteiger partial charge in [0, 0.05) is 12.2 Å². The van der Waals surface area contributed by atoms with Gasteiger partial charge in [0.2, 0.25) is 5.91 Å². The lowest BCUT2D eigenvalue weighted by Gasteiger charge is -2.35. The Morgan fingerprint density at radius 1 is 1.10 bits per heavy atom. The molecule has 1 aliphatic heterocycles. The molecule has 1 aliphatic rings. The molecule has 0 N–H and O–H groups in total. The van der Waals surface area contributed by atoms with Crippen LogP contribution in [-0.4, -0.2) is 42.8 Å². The summed E-state index contributed by atoms with van der Waals surface area (Å²) in [6.07, 6.45) is 3.05. The maximum atomic E-state index is 13.1. The summed E-state index contributed by atoms with van der Waals surface area (Å²) in [5, 5.41) is 11.6. The van der Waals surface area contributed by atoms with Crippen molar-refractivity contribution in [1.29, 1.82) is 0 Å². The maximum absolute atomic E-state index is 13.1. The SMILES string of the molecule is Cc1cc([C@H]2CCCCN2C(=O)Cc2nonc2C)nc(-c2c(C)noc2C)n1. The van der Waals surface area contributed by atoms with Crippen molar-refractivity contribution in [3.63, 3.8) is 0 Å². The molecule has 0 spiro atoms. The predicted octanol–water partition coefficient (Wildman–Crippen LogP) is 3.04. The van der Waals surface area contributed by atoms with Gasteiger partial charge in [-0.1, -0.05) is 15.5 Å². The van der Waals surface area contributed by atoms with Gasteiger partial charge in [-0.3, -0.25) is 4.79 Å². The minimum absolute atomic E-state index is 0.00338. The van der Waals surface area contributed by atoms with Gasteiger partial charge >= 0.3 is 0 Å². The lowest BCUT2D eigenvalue weighted by molar-refractivity contribution is -0.134. The highest BCUT2D eigenvalue weighted by atomic mass is 16.6. The second-order valence-electron chi connectivity index (χ2n) is 7.53. The Balaban J connectivity index is 1.66. The van der Waals surface area contributed by atoms with Crippen LogP contribution >= 0.6 is 0 Å². The number of aromatic nitrogens is 5. The molecule has 1 amide bonds. The number of nitrogens with zero attached hydrogens (tertiary/aromatic N) is 6. The van der Waals surface area contributed by atoms with Crippen molar-refractivity contribution in [1.82, 2.24) is 30.3 Å². The number of hydrogen-bond donors (Lipinski definition) is 0. The molecule has 3 aromatic rings. The standard InChI is InChI=1S/C20H24N6O3/c1-11-9-16(22-20(21-11)19-13(3)23-28-14(19)4)17-7-5-6-8-26(17)18(27)10-15-12(2)24-29-25-15/h9,17H,5-8,10H2,1-4H3/t17-/m1/s1. The molecular weight excluding hydrogens is 372 g/mol. The summed E-state index contributed by atoms with van der Waals surface area (Å²) in [6.45, 7) is 8.15. The number of carbonyl (C=O) groups is 1. The fourth-order valence-electron chi connectivity index (χ4n) is 3.87. The van der Waals surface area contributed by atoms with Gasteiger partial charge in [-0.25, -0.2) is 14.6 Å². The van der Waals surface area contributed by atoms with E-state index >= 15 is 0 Å². The largest absolute Gasteiger partial charge is 0.361 e. The summed E-state index contributed by atoms with van der Waals surface area (Å²) in [5.41, 5.74) is 4.48. The van der Waals surface area contributed by atoms with E-state index in [4.69, 9.17) is 14.1 Å². The third-order valence-corrected chi connectivity index (χ3v) is 5.36. The highest BCUT2D eigenvalue weighted by Gasteiger charge is 2.31. The normalized spacial score (nSPS) is 17.0. The fourth-order valence-corrected chi connectivity index (χ4v) is 3.87. The average Bonchev–Trinajstić information content (AvgIpc) is 3.26. The summed E-state index contributed by atoms with van der Waals surface area (Å²) in [6, 6.07) is 1.86. The van der Waals surface area contributed by atoms with Crippen molar-refractivity contribution < 1.29 is 13.9 Å². The van der Waals surface area contributed by atoms with Crippen LogP contribution in [0, 0.1) is 27.7 Å². The molecule has 3 aromatic heterocycles. The van der Waals surface area contributed by atoms with Crippen molar-refractivity contribution in [2.45, 2.75) is 59.4 Å². The van der Waals surface area contributed by atoms with Crippen LogP contribution in [0.1, 0.15) is 59.5 Å². The van der Waals surface area contributed by atoms with Crippen LogP contribution in [0.4, 0.5) is 0 Å².